The number of nitrogens with zero attached hydrogens (tertiary/aromatic N) is 5. The molecule has 0 unspecified atom stereocenters. The summed E-state index contributed by atoms with van der Waals surface area (Å²) < 4.78 is 48.3. The molecule has 11 heteroatoms. The van der Waals surface area contributed by atoms with Crippen LogP contribution in [0, 0.1) is 5.82 Å². The van der Waals surface area contributed by atoms with E-state index in [1.807, 2.05) is 43.4 Å². The molecule has 3 heterocycles. The highest BCUT2D eigenvalue weighted by atomic mass is 19.3. The fraction of sp³-hybridized carbons (Fsp3) is 0.370. The molecule has 1 aliphatic heterocycles. The molecule has 2 aromatic carbocycles. The first-order valence-electron chi connectivity index (χ1n) is 12.4. The first kappa shape index (κ1) is 25.6. The molecule has 2 aromatic heterocycles. The Balaban J connectivity index is 1.40. The van der Waals surface area contributed by atoms with E-state index in [1.165, 1.54) is 12.1 Å². The number of nitrogens with one attached hydrogen (secondary N) is 1. The number of anilines is 2. The molecule has 4 aromatic rings. The van der Waals surface area contributed by atoms with Crippen LogP contribution in [0.15, 0.2) is 48.8 Å². The quantitative estimate of drug-likeness (QED) is 0.364. The van der Waals surface area contributed by atoms with Crippen LogP contribution in [0.3, 0.4) is 0 Å². The highest BCUT2D eigenvalue weighted by molar-refractivity contribution is 5.93. The maximum Gasteiger partial charge on any atom is 0.410 e. The number of carbonyl (C=O) groups excluding carboxylic acids is 1. The topological polar surface area (TPSA) is 75.0 Å². The average molecular weight is 527 g/mol. The molecule has 0 bridgehead atoms. The van der Waals surface area contributed by atoms with Gasteiger partial charge in [-0.25, -0.2) is 22.9 Å². The van der Waals surface area contributed by atoms with Crippen LogP contribution >= 0.6 is 0 Å². The SMILES string of the molecule is CC(C)(C)OC(=O)N1CCN(c2ccc3c(c2)c(NCc2cccc(C(F)F)c2F)nc2nccn23)CC1. The van der Waals surface area contributed by atoms with Crippen LogP contribution in [0.1, 0.15) is 38.3 Å². The van der Waals surface area contributed by atoms with Crippen molar-refractivity contribution in [2.45, 2.75) is 39.3 Å². The van der Waals surface area contributed by atoms with E-state index in [0.29, 0.717) is 37.8 Å². The zero-order chi connectivity index (χ0) is 27.0. The molecule has 0 spiro atoms. The lowest BCUT2D eigenvalue weighted by molar-refractivity contribution is 0.0240. The molecule has 5 rings (SSSR count). The van der Waals surface area contributed by atoms with E-state index in [9.17, 15) is 18.0 Å². The number of aromatic nitrogens is 3. The summed E-state index contributed by atoms with van der Waals surface area (Å²) in [5.74, 6) is 0.0000565. The molecule has 200 valence electrons. The molecule has 1 amide bonds. The molecule has 0 aliphatic carbocycles. The number of alkyl halides is 2. The molecule has 38 heavy (non-hydrogen) atoms. The van der Waals surface area contributed by atoms with Gasteiger partial charge in [0.2, 0.25) is 5.78 Å². The van der Waals surface area contributed by atoms with E-state index in [-0.39, 0.29) is 18.2 Å². The molecular weight excluding hydrogens is 497 g/mol. The van der Waals surface area contributed by atoms with Gasteiger partial charge in [0, 0.05) is 61.8 Å². The van der Waals surface area contributed by atoms with Gasteiger partial charge in [-0.2, -0.15) is 4.98 Å². The minimum absolute atomic E-state index is 0.0236. The van der Waals surface area contributed by atoms with Gasteiger partial charge in [0.1, 0.15) is 17.2 Å². The van der Waals surface area contributed by atoms with Crippen LogP contribution in [0.25, 0.3) is 16.7 Å². The van der Waals surface area contributed by atoms with Crippen molar-refractivity contribution in [3.63, 3.8) is 0 Å². The summed E-state index contributed by atoms with van der Waals surface area (Å²) in [4.78, 5) is 25.2. The highest BCUT2D eigenvalue weighted by Gasteiger charge is 2.26. The number of carbonyl (C=O) groups is 1. The number of hydrogen-bond donors (Lipinski definition) is 1. The van der Waals surface area contributed by atoms with Crippen LogP contribution < -0.4 is 10.2 Å². The van der Waals surface area contributed by atoms with E-state index >= 15 is 0 Å². The van der Waals surface area contributed by atoms with Crippen molar-refractivity contribution in [2.75, 3.05) is 36.4 Å². The summed E-state index contributed by atoms with van der Waals surface area (Å²) in [6.45, 7) is 7.81. The summed E-state index contributed by atoms with van der Waals surface area (Å²) >= 11 is 0. The lowest BCUT2D eigenvalue weighted by Gasteiger charge is -2.36. The van der Waals surface area contributed by atoms with E-state index in [1.54, 1.807) is 17.3 Å². The van der Waals surface area contributed by atoms with Crippen molar-refractivity contribution in [2.24, 2.45) is 0 Å². The van der Waals surface area contributed by atoms with Crippen molar-refractivity contribution in [1.29, 1.82) is 0 Å². The first-order chi connectivity index (χ1) is 18.1. The largest absolute Gasteiger partial charge is 0.444 e. The fourth-order valence-corrected chi connectivity index (χ4v) is 4.54. The fourth-order valence-electron chi connectivity index (χ4n) is 4.54. The maximum absolute atomic E-state index is 14.6. The first-order valence-corrected chi connectivity index (χ1v) is 12.4. The summed E-state index contributed by atoms with van der Waals surface area (Å²) in [5, 5.41) is 3.90. The van der Waals surface area contributed by atoms with Gasteiger partial charge in [0.25, 0.3) is 6.43 Å². The molecule has 1 aliphatic rings. The summed E-state index contributed by atoms with van der Waals surface area (Å²) in [7, 11) is 0. The molecule has 0 radical (unpaired) electrons. The molecule has 1 N–H and O–H groups in total. The minimum atomic E-state index is -2.89. The maximum atomic E-state index is 14.6. The third-order valence-corrected chi connectivity index (χ3v) is 6.41. The number of amides is 1. The Hall–Kier alpha value is -4.02. The van der Waals surface area contributed by atoms with E-state index in [4.69, 9.17) is 4.74 Å². The summed E-state index contributed by atoms with van der Waals surface area (Å²) in [6, 6.07) is 9.92. The zero-order valence-corrected chi connectivity index (χ0v) is 21.4. The van der Waals surface area contributed by atoms with E-state index < -0.39 is 23.4 Å². The van der Waals surface area contributed by atoms with Crippen molar-refractivity contribution in [3.05, 3.63) is 65.7 Å². The second kappa shape index (κ2) is 10.0. The van der Waals surface area contributed by atoms with Crippen LogP contribution in [-0.2, 0) is 11.3 Å². The van der Waals surface area contributed by atoms with Gasteiger partial charge >= 0.3 is 6.09 Å². The Morgan fingerprint density at radius 3 is 2.61 bits per heavy atom. The summed E-state index contributed by atoms with van der Waals surface area (Å²) in [6.07, 6.45) is 0.228. The third kappa shape index (κ3) is 5.18. The molecule has 8 nitrogen and oxygen atoms in total. The predicted molar refractivity (Wildman–Crippen MR) is 139 cm³/mol. The number of halogens is 3. The number of hydrogen-bond acceptors (Lipinski definition) is 6. The highest BCUT2D eigenvalue weighted by Crippen LogP contribution is 2.30. The van der Waals surface area contributed by atoms with Crippen LogP contribution in [-0.4, -0.2) is 57.1 Å². The monoisotopic (exact) mass is 526 g/mol. The van der Waals surface area contributed by atoms with Crippen LogP contribution in [0.2, 0.25) is 0 Å². The van der Waals surface area contributed by atoms with Crippen molar-refractivity contribution < 1.29 is 22.7 Å². The van der Waals surface area contributed by atoms with Crippen molar-refractivity contribution in [1.82, 2.24) is 19.3 Å². The van der Waals surface area contributed by atoms with E-state index in [2.05, 4.69) is 20.2 Å². The molecule has 1 saturated heterocycles. The lowest BCUT2D eigenvalue weighted by atomic mass is 10.1. The van der Waals surface area contributed by atoms with Gasteiger partial charge in [-0.3, -0.25) is 4.40 Å². The van der Waals surface area contributed by atoms with Crippen molar-refractivity contribution >= 4 is 34.3 Å². The smallest absolute Gasteiger partial charge is 0.410 e. The molecule has 0 atom stereocenters. The second-order valence-corrected chi connectivity index (χ2v) is 10.2. The Labute approximate surface area is 218 Å². The Kier molecular flexibility index (Phi) is 6.77. The number of benzene rings is 2. The van der Waals surface area contributed by atoms with Gasteiger partial charge in [-0.1, -0.05) is 18.2 Å². The van der Waals surface area contributed by atoms with Crippen LogP contribution in [0.5, 0.6) is 0 Å². The predicted octanol–water partition coefficient (Wildman–Crippen LogP) is 5.63. The second-order valence-electron chi connectivity index (χ2n) is 10.2. The zero-order valence-electron chi connectivity index (χ0n) is 21.4. The standard InChI is InChI=1S/C27H29F3N6O2/c1-27(2,3)38-26(37)35-13-11-34(12-14-35)18-7-8-21-20(15-18)24(33-25-31-9-10-36(21)25)32-16-17-5-4-6-19(22(17)28)23(29)30/h4-10,15,23H,11-14,16H2,1-3H3,(H,31,32,33). The van der Waals surface area contributed by atoms with Gasteiger partial charge in [0.05, 0.1) is 11.1 Å². The number of fused-ring (bicyclic) bond motifs is 3. The molecule has 1 fully saturated rings. The van der Waals surface area contributed by atoms with Gasteiger partial charge in [-0.15, -0.1) is 0 Å². The number of imidazole rings is 1. The van der Waals surface area contributed by atoms with Crippen molar-refractivity contribution in [3.8, 4) is 0 Å². The number of ether oxygens (including phenoxy) is 1. The van der Waals surface area contributed by atoms with Gasteiger partial charge in [-0.05, 0) is 39.0 Å². The molecular formula is C27H29F3N6O2. The normalized spacial score (nSPS) is 14.5. The Morgan fingerprint density at radius 1 is 1.13 bits per heavy atom. The molecule has 0 saturated carbocycles. The number of piperazine rings is 1. The average Bonchev–Trinajstić information content (AvgIpc) is 3.35. The Morgan fingerprint density at radius 2 is 1.89 bits per heavy atom. The van der Waals surface area contributed by atoms with Gasteiger partial charge in [0.15, 0.2) is 0 Å². The minimum Gasteiger partial charge on any atom is -0.444 e. The lowest BCUT2D eigenvalue weighted by Crippen LogP contribution is -2.50. The van der Waals surface area contributed by atoms with Crippen LogP contribution in [0.4, 0.5) is 29.5 Å². The summed E-state index contributed by atoms with van der Waals surface area (Å²) in [5.41, 5.74) is 0.726. The van der Waals surface area contributed by atoms with E-state index in [0.717, 1.165) is 22.7 Å². The Bertz CT molecular complexity index is 1480. The van der Waals surface area contributed by atoms with Gasteiger partial charge < -0.3 is 19.9 Å². The number of rotatable bonds is 5. The third-order valence-electron chi connectivity index (χ3n) is 6.41.